The van der Waals surface area contributed by atoms with Gasteiger partial charge < -0.3 is 14.8 Å². The lowest BCUT2D eigenvalue weighted by Crippen LogP contribution is -2.28. The Bertz CT molecular complexity index is 1480. The predicted octanol–water partition coefficient (Wildman–Crippen LogP) is 6.84. The number of thiazole rings is 1. The number of aromatic nitrogens is 1. The van der Waals surface area contributed by atoms with Gasteiger partial charge in [0.1, 0.15) is 10.6 Å². The third kappa shape index (κ3) is 7.05. The molecule has 0 radical (unpaired) electrons. The lowest BCUT2D eigenvalue weighted by Gasteiger charge is -2.16. The second-order valence-electron chi connectivity index (χ2n) is 9.62. The predicted molar refractivity (Wildman–Crippen MR) is 148 cm³/mol. The zero-order valence-corrected chi connectivity index (χ0v) is 23.9. The van der Waals surface area contributed by atoms with Crippen LogP contribution in [-0.2, 0) is 14.8 Å². The van der Waals surface area contributed by atoms with Crippen LogP contribution in [0.5, 0.6) is 11.5 Å². The largest absolute Gasteiger partial charge is 0.495 e. The molecule has 1 saturated carbocycles. The van der Waals surface area contributed by atoms with E-state index >= 15 is 0 Å². The van der Waals surface area contributed by atoms with Gasteiger partial charge in [0.2, 0.25) is 0 Å². The maximum Gasteiger partial charge on any atom is 0.491 e. The van der Waals surface area contributed by atoms with Crippen LogP contribution in [0.4, 0.5) is 24.0 Å². The third-order valence-corrected chi connectivity index (χ3v) is 9.03. The van der Waals surface area contributed by atoms with Crippen molar-refractivity contribution in [2.45, 2.75) is 69.5 Å². The van der Waals surface area contributed by atoms with Crippen LogP contribution in [0.3, 0.4) is 0 Å². The number of rotatable bonds is 8. The second-order valence-corrected chi connectivity index (χ2v) is 12.3. The second kappa shape index (κ2) is 12.0. The van der Waals surface area contributed by atoms with Crippen LogP contribution >= 0.6 is 11.3 Å². The minimum absolute atomic E-state index is 0.0242. The first-order valence-corrected chi connectivity index (χ1v) is 15.0. The number of aryl methyl sites for hydroxylation is 2. The van der Waals surface area contributed by atoms with E-state index < -0.39 is 27.9 Å². The summed E-state index contributed by atoms with van der Waals surface area (Å²) < 4.78 is 77.4. The molecule has 13 heteroatoms. The molecule has 0 unspecified atom stereocenters. The van der Waals surface area contributed by atoms with E-state index in [4.69, 9.17) is 4.74 Å². The number of hydrogen-bond acceptors (Lipinski definition) is 8. The molecule has 8 nitrogen and oxygen atoms in total. The number of carbonyl (C=O) groups is 1. The number of esters is 1. The smallest absolute Gasteiger partial charge is 0.491 e. The van der Waals surface area contributed by atoms with Gasteiger partial charge in [-0.05, 0) is 68.1 Å². The normalized spacial score (nSPS) is 14.8. The van der Waals surface area contributed by atoms with Crippen molar-refractivity contribution >= 4 is 38.1 Å². The minimum atomic E-state index is -5.26. The Balaban J connectivity index is 1.64. The van der Waals surface area contributed by atoms with E-state index in [1.165, 1.54) is 68.4 Å². The van der Waals surface area contributed by atoms with Crippen LogP contribution in [0.2, 0.25) is 0 Å². The molecule has 1 fully saturated rings. The zero-order valence-electron chi connectivity index (χ0n) is 22.2. The highest BCUT2D eigenvalue weighted by Crippen LogP contribution is 2.38. The van der Waals surface area contributed by atoms with Crippen LogP contribution < -0.4 is 19.5 Å². The highest BCUT2D eigenvalue weighted by atomic mass is 32.2. The van der Waals surface area contributed by atoms with Crippen LogP contribution in [0.25, 0.3) is 10.4 Å². The summed E-state index contributed by atoms with van der Waals surface area (Å²) in [7, 11) is -3.10. The van der Waals surface area contributed by atoms with Gasteiger partial charge in [-0.15, -0.1) is 0 Å². The van der Waals surface area contributed by atoms with Gasteiger partial charge in [-0.3, -0.25) is 4.72 Å². The maximum atomic E-state index is 13.5. The van der Waals surface area contributed by atoms with Crippen molar-refractivity contribution in [1.82, 2.24) is 4.98 Å². The minimum Gasteiger partial charge on any atom is -0.495 e. The maximum absolute atomic E-state index is 13.5. The Morgan fingerprint density at radius 1 is 1.02 bits per heavy atom. The van der Waals surface area contributed by atoms with Crippen molar-refractivity contribution in [2.24, 2.45) is 0 Å². The van der Waals surface area contributed by atoms with Gasteiger partial charge in [0.05, 0.1) is 23.4 Å². The quantitative estimate of drug-likeness (QED) is 0.166. The lowest BCUT2D eigenvalue weighted by atomic mass is 10.1. The first kappa shape index (κ1) is 29.7. The van der Waals surface area contributed by atoms with Gasteiger partial charge in [-0.2, -0.15) is 13.2 Å². The molecule has 1 aromatic heterocycles. The average molecular weight is 598 g/mol. The number of sulfonamides is 1. The fourth-order valence-electron chi connectivity index (χ4n) is 4.51. The van der Waals surface area contributed by atoms with E-state index in [9.17, 15) is 26.4 Å². The zero-order chi connectivity index (χ0) is 29.1. The number of alkyl halides is 3. The van der Waals surface area contributed by atoms with E-state index in [0.29, 0.717) is 17.2 Å². The monoisotopic (exact) mass is 597 g/mol. The van der Waals surface area contributed by atoms with Gasteiger partial charge in [0.25, 0.3) is 10.0 Å². The molecule has 2 aromatic carbocycles. The fraction of sp³-hybridized carbons (Fsp3) is 0.407. The van der Waals surface area contributed by atoms with Gasteiger partial charge in [-0.25, -0.2) is 18.2 Å². The van der Waals surface area contributed by atoms with Crippen molar-refractivity contribution in [1.29, 1.82) is 0 Å². The molecule has 1 aliphatic carbocycles. The SMILES string of the molecule is COc1ccc(-c2sc(NC3CCCCCC3)nc2C)cc1S(=O)(=O)Nc1ccc(C)cc1OC(=O)C(F)(F)F. The summed E-state index contributed by atoms with van der Waals surface area (Å²) in [6, 6.07) is 8.82. The number of ether oxygens (including phenoxy) is 2. The Morgan fingerprint density at radius 2 is 1.73 bits per heavy atom. The Morgan fingerprint density at radius 3 is 2.38 bits per heavy atom. The molecule has 0 aliphatic heterocycles. The standard InChI is InChI=1S/C27H30F3N3O5S2/c1-16-10-12-20(22(14-16)38-25(34)27(28,29)30)33-40(35,36)23-15-18(11-13-21(23)37-3)24-17(2)31-26(39-24)32-19-8-6-4-5-7-9-19/h10-15,19,33H,4-9H2,1-3H3,(H,31,32). The Kier molecular flexibility index (Phi) is 8.93. The van der Waals surface area contributed by atoms with Gasteiger partial charge in [-0.1, -0.05) is 43.1 Å². The van der Waals surface area contributed by atoms with Crippen LogP contribution in [-0.4, -0.2) is 38.7 Å². The summed E-state index contributed by atoms with van der Waals surface area (Å²) in [6.45, 7) is 3.40. The third-order valence-electron chi connectivity index (χ3n) is 6.51. The molecule has 1 heterocycles. The number of nitrogens with one attached hydrogen (secondary N) is 2. The topological polar surface area (TPSA) is 107 Å². The van der Waals surface area contributed by atoms with E-state index in [-0.39, 0.29) is 16.3 Å². The van der Waals surface area contributed by atoms with Gasteiger partial charge >= 0.3 is 12.1 Å². The first-order chi connectivity index (χ1) is 18.9. The van der Waals surface area contributed by atoms with Crippen molar-refractivity contribution in [3.8, 4) is 21.9 Å². The summed E-state index contributed by atoms with van der Waals surface area (Å²) >= 11 is 1.42. The molecule has 0 bridgehead atoms. The summed E-state index contributed by atoms with van der Waals surface area (Å²) in [5.74, 6) is -3.02. The highest BCUT2D eigenvalue weighted by molar-refractivity contribution is 7.92. The number of carbonyl (C=O) groups excluding carboxylic acids is 1. The molecule has 0 atom stereocenters. The molecule has 2 N–H and O–H groups in total. The van der Waals surface area contributed by atoms with Gasteiger partial charge in [0, 0.05) is 6.04 Å². The fourth-order valence-corrected chi connectivity index (χ4v) is 6.81. The summed E-state index contributed by atoms with van der Waals surface area (Å²) in [5, 5.41) is 4.28. The Labute approximate surface area is 235 Å². The summed E-state index contributed by atoms with van der Waals surface area (Å²) in [4.78, 5) is 16.6. The highest BCUT2D eigenvalue weighted by Gasteiger charge is 2.42. The molecule has 40 heavy (non-hydrogen) atoms. The number of methoxy groups -OCH3 is 1. The Hall–Kier alpha value is -3.32. The van der Waals surface area contributed by atoms with Crippen molar-refractivity contribution in [3.05, 3.63) is 47.7 Å². The van der Waals surface area contributed by atoms with Gasteiger partial charge in [0.15, 0.2) is 10.9 Å². The first-order valence-electron chi connectivity index (χ1n) is 12.7. The molecule has 1 aliphatic rings. The van der Waals surface area contributed by atoms with E-state index in [2.05, 4.69) is 19.8 Å². The van der Waals surface area contributed by atoms with Crippen LogP contribution in [0.1, 0.15) is 49.8 Å². The summed E-state index contributed by atoms with van der Waals surface area (Å²) in [5.41, 5.74) is 1.43. The molecule has 4 rings (SSSR count). The number of anilines is 2. The van der Waals surface area contributed by atoms with Crippen molar-refractivity contribution < 1.29 is 35.9 Å². The van der Waals surface area contributed by atoms with Crippen LogP contribution in [0.15, 0.2) is 41.3 Å². The van der Waals surface area contributed by atoms with Crippen molar-refractivity contribution in [2.75, 3.05) is 17.1 Å². The molecule has 0 spiro atoms. The number of nitrogens with zero attached hydrogens (tertiary/aromatic N) is 1. The van der Waals surface area contributed by atoms with E-state index in [1.54, 1.807) is 13.0 Å². The van der Waals surface area contributed by atoms with Crippen molar-refractivity contribution in [3.63, 3.8) is 0 Å². The average Bonchev–Trinajstić information content (AvgIpc) is 3.07. The summed E-state index contributed by atoms with van der Waals surface area (Å²) in [6.07, 6.45) is 1.68. The number of halogens is 3. The number of benzene rings is 2. The van der Waals surface area contributed by atoms with E-state index in [1.807, 2.05) is 6.92 Å². The molecule has 3 aromatic rings. The number of hydrogen-bond donors (Lipinski definition) is 2. The molecular weight excluding hydrogens is 567 g/mol. The molecule has 0 amide bonds. The van der Waals surface area contributed by atoms with E-state index in [0.717, 1.165) is 34.6 Å². The molecule has 216 valence electrons. The molecular formula is C27H30F3N3O5S2. The van der Waals surface area contributed by atoms with Crippen LogP contribution in [0, 0.1) is 13.8 Å². The lowest BCUT2D eigenvalue weighted by molar-refractivity contribution is -0.189. The molecule has 0 saturated heterocycles.